The van der Waals surface area contributed by atoms with E-state index in [1.54, 1.807) is 0 Å². The molecular formula is C5H10O6S. The molecule has 0 aromatic rings. The van der Waals surface area contributed by atoms with E-state index in [2.05, 4.69) is 9.78 Å². The maximum absolute atomic E-state index is 8.74. The van der Waals surface area contributed by atoms with Crippen LogP contribution in [0.25, 0.3) is 0 Å². The average molecular weight is 198 g/mol. The van der Waals surface area contributed by atoms with E-state index in [0.717, 1.165) is 6.42 Å². The monoisotopic (exact) mass is 198 g/mol. The molecule has 7 heteroatoms. The summed E-state index contributed by atoms with van der Waals surface area (Å²) in [5.74, 6) is 0. The third kappa shape index (κ3) is 16.3. The zero-order chi connectivity index (χ0) is 9.45. The number of hydrogen-bond donors (Lipinski definition) is 2. The number of hydrogen-bond acceptors (Lipinski definition) is 4. The van der Waals surface area contributed by atoms with Gasteiger partial charge in [0.05, 0.1) is 6.61 Å². The maximum Gasteiger partial charge on any atom is 0.394 e. The first-order valence-electron chi connectivity index (χ1n) is 3.09. The lowest BCUT2D eigenvalue weighted by Crippen LogP contribution is -1.90. The van der Waals surface area contributed by atoms with Crippen LogP contribution in [0.15, 0.2) is 12.2 Å². The molecule has 0 unspecified atom stereocenters. The summed E-state index contributed by atoms with van der Waals surface area (Å²) in [4.78, 5) is 9.24. The molecule has 1 rings (SSSR count). The molecule has 0 aromatic heterocycles. The van der Waals surface area contributed by atoms with Gasteiger partial charge in [-0.05, 0) is 6.42 Å². The fourth-order valence-corrected chi connectivity index (χ4v) is 0.448. The normalized spacial score (nSPS) is 17.5. The van der Waals surface area contributed by atoms with Crippen molar-refractivity contribution in [3.05, 3.63) is 12.2 Å². The molecule has 0 saturated heterocycles. The molecule has 0 aromatic carbocycles. The Hall–Kier alpha value is -0.470. The highest BCUT2D eigenvalue weighted by Gasteiger charge is 1.88. The van der Waals surface area contributed by atoms with Crippen LogP contribution in [0, 0.1) is 0 Å². The van der Waals surface area contributed by atoms with Gasteiger partial charge in [0, 0.05) is 0 Å². The van der Waals surface area contributed by atoms with E-state index >= 15 is 0 Å². The first kappa shape index (κ1) is 11.5. The third-order valence-electron chi connectivity index (χ3n) is 0.782. The highest BCUT2D eigenvalue weighted by molar-refractivity contribution is 7.79. The Morgan fingerprint density at radius 3 is 2.33 bits per heavy atom. The third-order valence-corrected chi connectivity index (χ3v) is 0.782. The standard InChI is InChI=1S/C5H8O2.H2O4S/c1-2-4-6-7-5-3-1;1-5(2,3)4/h1-2H,3-5H2;(H2,1,2,3,4). The Balaban J connectivity index is 0.000000217. The Morgan fingerprint density at radius 2 is 1.75 bits per heavy atom. The quantitative estimate of drug-likeness (QED) is 0.329. The topological polar surface area (TPSA) is 93.1 Å². The Labute approximate surface area is 70.3 Å². The molecule has 2 N–H and O–H groups in total. The van der Waals surface area contributed by atoms with E-state index in [0.29, 0.717) is 13.2 Å². The van der Waals surface area contributed by atoms with E-state index in [1.807, 2.05) is 12.2 Å². The van der Waals surface area contributed by atoms with Crippen LogP contribution >= 0.6 is 0 Å². The molecule has 0 saturated carbocycles. The second-order valence-electron chi connectivity index (χ2n) is 1.81. The van der Waals surface area contributed by atoms with Crippen molar-refractivity contribution in [1.82, 2.24) is 0 Å². The second kappa shape index (κ2) is 6.09. The summed E-state index contributed by atoms with van der Waals surface area (Å²) in [5, 5.41) is 0. The first-order chi connectivity index (χ1) is 5.50. The lowest BCUT2D eigenvalue weighted by atomic mass is 10.4. The van der Waals surface area contributed by atoms with Crippen molar-refractivity contribution in [3.63, 3.8) is 0 Å². The van der Waals surface area contributed by atoms with Crippen molar-refractivity contribution < 1.29 is 27.3 Å². The Kier molecular flexibility index (Phi) is 5.85. The van der Waals surface area contributed by atoms with Crippen LogP contribution in [-0.4, -0.2) is 30.7 Å². The average Bonchev–Trinajstić information content (AvgIpc) is 2.10. The van der Waals surface area contributed by atoms with E-state index in [1.165, 1.54) is 0 Å². The fourth-order valence-electron chi connectivity index (χ4n) is 0.448. The Bertz CT molecular complexity index is 202. The maximum atomic E-state index is 8.74. The molecule has 0 atom stereocenters. The van der Waals surface area contributed by atoms with Crippen molar-refractivity contribution in [2.75, 3.05) is 13.2 Å². The lowest BCUT2D eigenvalue weighted by Gasteiger charge is -1.92. The molecule has 1 aliphatic heterocycles. The summed E-state index contributed by atoms with van der Waals surface area (Å²) in [5.41, 5.74) is 0. The zero-order valence-corrected chi connectivity index (χ0v) is 7.03. The van der Waals surface area contributed by atoms with Gasteiger partial charge in [0.25, 0.3) is 0 Å². The second-order valence-corrected chi connectivity index (χ2v) is 2.71. The molecule has 72 valence electrons. The highest BCUT2D eigenvalue weighted by atomic mass is 32.3. The summed E-state index contributed by atoms with van der Waals surface area (Å²) >= 11 is 0. The molecule has 0 fully saturated rings. The molecular weight excluding hydrogens is 188 g/mol. The van der Waals surface area contributed by atoms with E-state index in [4.69, 9.17) is 17.5 Å². The van der Waals surface area contributed by atoms with Gasteiger partial charge in [-0.15, -0.1) is 0 Å². The minimum Gasteiger partial charge on any atom is -0.264 e. The van der Waals surface area contributed by atoms with Gasteiger partial charge in [0.15, 0.2) is 0 Å². The van der Waals surface area contributed by atoms with Crippen LogP contribution in [0.1, 0.15) is 6.42 Å². The van der Waals surface area contributed by atoms with Gasteiger partial charge in [-0.25, -0.2) is 9.78 Å². The van der Waals surface area contributed by atoms with Gasteiger partial charge >= 0.3 is 10.4 Å². The van der Waals surface area contributed by atoms with Crippen LogP contribution in [0.2, 0.25) is 0 Å². The first-order valence-corrected chi connectivity index (χ1v) is 4.49. The van der Waals surface area contributed by atoms with Crippen LogP contribution in [0.3, 0.4) is 0 Å². The molecule has 0 aliphatic carbocycles. The van der Waals surface area contributed by atoms with Crippen LogP contribution < -0.4 is 0 Å². The van der Waals surface area contributed by atoms with E-state index < -0.39 is 10.4 Å². The van der Waals surface area contributed by atoms with Gasteiger partial charge in [0.1, 0.15) is 6.61 Å². The van der Waals surface area contributed by atoms with Crippen LogP contribution in [0.4, 0.5) is 0 Å². The summed E-state index contributed by atoms with van der Waals surface area (Å²) in [6.45, 7) is 1.29. The molecule has 12 heavy (non-hydrogen) atoms. The number of rotatable bonds is 0. The molecule has 0 amide bonds. The minimum absolute atomic E-state index is 0.597. The van der Waals surface area contributed by atoms with Crippen molar-refractivity contribution in [3.8, 4) is 0 Å². The van der Waals surface area contributed by atoms with Crippen molar-refractivity contribution in [2.45, 2.75) is 6.42 Å². The molecule has 1 aliphatic rings. The van der Waals surface area contributed by atoms with Crippen molar-refractivity contribution in [2.24, 2.45) is 0 Å². The molecule has 1 heterocycles. The van der Waals surface area contributed by atoms with Gasteiger partial charge < -0.3 is 0 Å². The van der Waals surface area contributed by atoms with Crippen molar-refractivity contribution >= 4 is 10.4 Å². The minimum atomic E-state index is -4.67. The van der Waals surface area contributed by atoms with E-state index in [9.17, 15) is 0 Å². The predicted octanol–water partition coefficient (Wildman–Crippen LogP) is 0.242. The SMILES string of the molecule is C1=CCOOCC1.O=S(=O)(O)O. The molecule has 0 spiro atoms. The van der Waals surface area contributed by atoms with Gasteiger partial charge in [-0.3, -0.25) is 9.11 Å². The van der Waals surface area contributed by atoms with Crippen LogP contribution in [-0.2, 0) is 20.2 Å². The Morgan fingerprint density at radius 1 is 1.17 bits per heavy atom. The van der Waals surface area contributed by atoms with Gasteiger partial charge in [-0.2, -0.15) is 8.42 Å². The predicted molar refractivity (Wildman–Crippen MR) is 39.8 cm³/mol. The van der Waals surface area contributed by atoms with Gasteiger partial charge in [-0.1, -0.05) is 12.2 Å². The summed E-state index contributed by atoms with van der Waals surface area (Å²) in [7, 11) is -4.67. The van der Waals surface area contributed by atoms with Crippen LogP contribution in [0.5, 0.6) is 0 Å². The lowest BCUT2D eigenvalue weighted by molar-refractivity contribution is -0.282. The summed E-state index contributed by atoms with van der Waals surface area (Å²) in [6, 6.07) is 0. The summed E-state index contributed by atoms with van der Waals surface area (Å²) in [6.07, 6.45) is 4.97. The molecule has 0 radical (unpaired) electrons. The largest absolute Gasteiger partial charge is 0.394 e. The fraction of sp³-hybridized carbons (Fsp3) is 0.600. The van der Waals surface area contributed by atoms with Crippen molar-refractivity contribution in [1.29, 1.82) is 0 Å². The van der Waals surface area contributed by atoms with E-state index in [-0.39, 0.29) is 0 Å². The molecule has 0 bridgehead atoms. The smallest absolute Gasteiger partial charge is 0.264 e. The highest BCUT2D eigenvalue weighted by Crippen LogP contribution is 1.91. The summed E-state index contributed by atoms with van der Waals surface area (Å²) < 4.78 is 31.6. The zero-order valence-electron chi connectivity index (χ0n) is 6.21. The van der Waals surface area contributed by atoms with Gasteiger partial charge in [0.2, 0.25) is 0 Å². The molecule has 6 nitrogen and oxygen atoms in total.